The number of hydrogen-bond acceptors (Lipinski definition) is 3. The monoisotopic (exact) mass is 231 g/mol. The number of ketones is 1. The fourth-order valence-electron chi connectivity index (χ4n) is 2.76. The second-order valence-electron chi connectivity index (χ2n) is 4.84. The van der Waals surface area contributed by atoms with Gasteiger partial charge in [0.1, 0.15) is 6.10 Å². The molecule has 0 saturated carbocycles. The van der Waals surface area contributed by atoms with Crippen LogP contribution in [0, 0.1) is 0 Å². The molecule has 0 aromatic heterocycles. The normalized spacial score (nSPS) is 28.9. The van der Waals surface area contributed by atoms with Gasteiger partial charge in [0, 0.05) is 18.2 Å². The lowest BCUT2D eigenvalue weighted by Gasteiger charge is -2.34. The van der Waals surface area contributed by atoms with E-state index in [2.05, 4.69) is 4.90 Å². The first-order chi connectivity index (χ1) is 8.34. The minimum Gasteiger partial charge on any atom is -0.367 e. The summed E-state index contributed by atoms with van der Waals surface area (Å²) in [4.78, 5) is 14.6. The zero-order valence-corrected chi connectivity index (χ0v) is 9.84. The van der Waals surface area contributed by atoms with E-state index in [1.807, 2.05) is 30.3 Å². The number of fused-ring (bicyclic) bond motifs is 1. The number of carbonyl (C=O) groups is 1. The summed E-state index contributed by atoms with van der Waals surface area (Å²) >= 11 is 0. The predicted molar refractivity (Wildman–Crippen MR) is 65.1 cm³/mol. The standard InChI is InChI=1S/C14H17NO2/c16-14(11-5-2-1-3-6-11)13-9-15-8-4-7-12(15)10-17-13/h1-3,5-6,12-13H,4,7-10H2. The van der Waals surface area contributed by atoms with Crippen LogP contribution in [0.25, 0.3) is 0 Å². The summed E-state index contributed by atoms with van der Waals surface area (Å²) in [6.07, 6.45) is 2.18. The number of rotatable bonds is 2. The van der Waals surface area contributed by atoms with Gasteiger partial charge in [-0.3, -0.25) is 9.69 Å². The van der Waals surface area contributed by atoms with E-state index in [0.717, 1.165) is 18.7 Å². The highest BCUT2D eigenvalue weighted by Gasteiger charge is 2.35. The SMILES string of the molecule is O=C(c1ccccc1)C1CN2CCCC2CO1. The molecule has 1 aromatic rings. The highest BCUT2D eigenvalue weighted by atomic mass is 16.5. The van der Waals surface area contributed by atoms with Crippen LogP contribution in [0.15, 0.2) is 30.3 Å². The maximum atomic E-state index is 12.2. The maximum absolute atomic E-state index is 12.2. The van der Waals surface area contributed by atoms with E-state index in [1.54, 1.807) is 0 Å². The molecular formula is C14H17NO2. The van der Waals surface area contributed by atoms with Crippen LogP contribution < -0.4 is 0 Å². The van der Waals surface area contributed by atoms with E-state index < -0.39 is 0 Å². The summed E-state index contributed by atoms with van der Waals surface area (Å²) < 4.78 is 5.72. The first kappa shape index (κ1) is 10.9. The molecule has 0 spiro atoms. The highest BCUT2D eigenvalue weighted by molar-refractivity contribution is 5.99. The van der Waals surface area contributed by atoms with Crippen molar-refractivity contribution >= 4 is 5.78 Å². The van der Waals surface area contributed by atoms with Crippen LogP contribution in [0.3, 0.4) is 0 Å². The molecule has 2 aliphatic heterocycles. The van der Waals surface area contributed by atoms with Crippen LogP contribution >= 0.6 is 0 Å². The Bertz CT molecular complexity index is 404. The third kappa shape index (κ3) is 2.13. The van der Waals surface area contributed by atoms with Crippen LogP contribution in [0.2, 0.25) is 0 Å². The Morgan fingerprint density at radius 1 is 1.29 bits per heavy atom. The summed E-state index contributed by atoms with van der Waals surface area (Å²) in [5.74, 6) is 0.121. The maximum Gasteiger partial charge on any atom is 0.192 e. The van der Waals surface area contributed by atoms with Gasteiger partial charge in [-0.05, 0) is 19.4 Å². The van der Waals surface area contributed by atoms with Gasteiger partial charge in [0.05, 0.1) is 6.61 Å². The van der Waals surface area contributed by atoms with Crippen LogP contribution in [0.5, 0.6) is 0 Å². The lowest BCUT2D eigenvalue weighted by molar-refractivity contribution is -0.0344. The average molecular weight is 231 g/mol. The van der Waals surface area contributed by atoms with Gasteiger partial charge >= 0.3 is 0 Å². The summed E-state index contributed by atoms with van der Waals surface area (Å²) in [7, 11) is 0. The van der Waals surface area contributed by atoms with Crippen molar-refractivity contribution in [2.45, 2.75) is 25.0 Å². The number of ether oxygens (including phenoxy) is 1. The van der Waals surface area contributed by atoms with Crippen LogP contribution in [0.4, 0.5) is 0 Å². The van der Waals surface area contributed by atoms with E-state index in [0.29, 0.717) is 12.6 Å². The number of Topliss-reactive ketones (excluding diaryl/α,β-unsaturated/α-hetero) is 1. The molecule has 2 heterocycles. The smallest absolute Gasteiger partial charge is 0.192 e. The Balaban J connectivity index is 1.71. The van der Waals surface area contributed by atoms with Gasteiger partial charge in [-0.15, -0.1) is 0 Å². The zero-order chi connectivity index (χ0) is 11.7. The third-order valence-electron chi connectivity index (χ3n) is 3.74. The van der Waals surface area contributed by atoms with Crippen LogP contribution in [0.1, 0.15) is 23.2 Å². The second-order valence-corrected chi connectivity index (χ2v) is 4.84. The number of benzene rings is 1. The van der Waals surface area contributed by atoms with Crippen molar-refractivity contribution < 1.29 is 9.53 Å². The molecule has 2 saturated heterocycles. The van der Waals surface area contributed by atoms with E-state index in [1.165, 1.54) is 12.8 Å². The highest BCUT2D eigenvalue weighted by Crippen LogP contribution is 2.23. The lowest BCUT2D eigenvalue weighted by Crippen LogP contribution is -2.49. The van der Waals surface area contributed by atoms with E-state index in [9.17, 15) is 4.79 Å². The van der Waals surface area contributed by atoms with E-state index in [-0.39, 0.29) is 11.9 Å². The fraction of sp³-hybridized carbons (Fsp3) is 0.500. The fourth-order valence-corrected chi connectivity index (χ4v) is 2.76. The van der Waals surface area contributed by atoms with Crippen molar-refractivity contribution in [2.24, 2.45) is 0 Å². The largest absolute Gasteiger partial charge is 0.367 e. The molecule has 2 aliphatic rings. The number of hydrogen-bond donors (Lipinski definition) is 0. The van der Waals surface area contributed by atoms with Gasteiger partial charge < -0.3 is 4.74 Å². The van der Waals surface area contributed by atoms with Gasteiger partial charge in [-0.2, -0.15) is 0 Å². The van der Waals surface area contributed by atoms with Gasteiger partial charge in [-0.25, -0.2) is 0 Å². The van der Waals surface area contributed by atoms with Gasteiger partial charge in [0.15, 0.2) is 5.78 Å². The Labute approximate surface area is 101 Å². The Morgan fingerprint density at radius 2 is 2.12 bits per heavy atom. The Morgan fingerprint density at radius 3 is 2.94 bits per heavy atom. The molecule has 0 radical (unpaired) electrons. The molecular weight excluding hydrogens is 214 g/mol. The average Bonchev–Trinajstić information content (AvgIpc) is 2.86. The minimum atomic E-state index is -0.272. The Hall–Kier alpha value is -1.19. The van der Waals surface area contributed by atoms with Gasteiger partial charge in [0.25, 0.3) is 0 Å². The van der Waals surface area contributed by atoms with Gasteiger partial charge in [-0.1, -0.05) is 30.3 Å². The van der Waals surface area contributed by atoms with Crippen LogP contribution in [-0.4, -0.2) is 42.5 Å². The Kier molecular flexibility index (Phi) is 2.95. The molecule has 90 valence electrons. The molecule has 2 atom stereocenters. The van der Waals surface area contributed by atoms with Gasteiger partial charge in [0.2, 0.25) is 0 Å². The molecule has 2 fully saturated rings. The molecule has 0 N–H and O–H groups in total. The molecule has 3 rings (SSSR count). The minimum absolute atomic E-state index is 0.121. The van der Waals surface area contributed by atoms with E-state index in [4.69, 9.17) is 4.74 Å². The molecule has 1 aromatic carbocycles. The van der Waals surface area contributed by atoms with Crippen molar-refractivity contribution in [3.05, 3.63) is 35.9 Å². The predicted octanol–water partition coefficient (Wildman–Crippen LogP) is 1.73. The first-order valence-electron chi connectivity index (χ1n) is 6.29. The lowest BCUT2D eigenvalue weighted by atomic mass is 10.0. The number of carbonyl (C=O) groups excluding carboxylic acids is 1. The van der Waals surface area contributed by atoms with Crippen molar-refractivity contribution in [3.8, 4) is 0 Å². The number of nitrogens with zero attached hydrogens (tertiary/aromatic N) is 1. The zero-order valence-electron chi connectivity index (χ0n) is 9.84. The molecule has 17 heavy (non-hydrogen) atoms. The quantitative estimate of drug-likeness (QED) is 0.726. The topological polar surface area (TPSA) is 29.5 Å². The molecule has 0 bridgehead atoms. The van der Waals surface area contributed by atoms with Crippen molar-refractivity contribution in [2.75, 3.05) is 19.7 Å². The summed E-state index contributed by atoms with van der Waals surface area (Å²) in [5, 5.41) is 0. The second kappa shape index (κ2) is 4.59. The molecule has 2 unspecified atom stereocenters. The van der Waals surface area contributed by atoms with Crippen molar-refractivity contribution in [1.29, 1.82) is 0 Å². The number of morpholine rings is 1. The molecule has 0 amide bonds. The van der Waals surface area contributed by atoms with E-state index >= 15 is 0 Å². The van der Waals surface area contributed by atoms with Crippen LogP contribution in [-0.2, 0) is 4.74 Å². The molecule has 0 aliphatic carbocycles. The first-order valence-corrected chi connectivity index (χ1v) is 6.29. The summed E-state index contributed by atoms with van der Waals surface area (Å²) in [5.41, 5.74) is 0.759. The van der Waals surface area contributed by atoms with Crippen molar-refractivity contribution in [1.82, 2.24) is 4.90 Å². The molecule has 3 nitrogen and oxygen atoms in total. The summed E-state index contributed by atoms with van der Waals surface area (Å²) in [6, 6.07) is 10.00. The summed E-state index contributed by atoms with van der Waals surface area (Å²) in [6.45, 7) is 2.59. The third-order valence-corrected chi connectivity index (χ3v) is 3.74. The molecule has 3 heteroatoms. The van der Waals surface area contributed by atoms with Crippen molar-refractivity contribution in [3.63, 3.8) is 0 Å².